The van der Waals surface area contributed by atoms with Gasteiger partial charge in [-0.2, -0.15) is 0 Å². The summed E-state index contributed by atoms with van der Waals surface area (Å²) < 4.78 is 5.67. The molecular formula is C24H30N2O3. The largest absolute Gasteiger partial charge is 0.494 e. The van der Waals surface area contributed by atoms with Crippen LogP contribution in [0.2, 0.25) is 0 Å². The van der Waals surface area contributed by atoms with E-state index in [-0.39, 0.29) is 11.8 Å². The normalized spacial score (nSPS) is 14.2. The number of hydrogen-bond donors (Lipinski definition) is 1. The number of rotatable bonds is 7. The van der Waals surface area contributed by atoms with Gasteiger partial charge in [0.25, 0.3) is 5.91 Å². The second-order valence-corrected chi connectivity index (χ2v) is 7.57. The second-order valence-electron chi connectivity index (χ2n) is 7.57. The molecule has 1 saturated heterocycles. The molecule has 0 aliphatic carbocycles. The van der Waals surface area contributed by atoms with E-state index in [1.165, 1.54) is 18.4 Å². The maximum absolute atomic E-state index is 13.0. The second kappa shape index (κ2) is 10.6. The van der Waals surface area contributed by atoms with Crippen LogP contribution in [0, 0.1) is 6.92 Å². The van der Waals surface area contributed by atoms with E-state index >= 15 is 0 Å². The van der Waals surface area contributed by atoms with E-state index in [0.29, 0.717) is 30.7 Å². The van der Waals surface area contributed by atoms with Gasteiger partial charge >= 0.3 is 0 Å². The fraction of sp³-hybridized carbons (Fsp3) is 0.417. The molecule has 0 radical (unpaired) electrons. The minimum atomic E-state index is -0.103. The van der Waals surface area contributed by atoms with Crippen LogP contribution in [0.4, 0.5) is 5.69 Å². The average molecular weight is 395 g/mol. The number of benzene rings is 2. The zero-order valence-electron chi connectivity index (χ0n) is 17.2. The van der Waals surface area contributed by atoms with Crippen molar-refractivity contribution in [3.8, 4) is 5.75 Å². The molecule has 1 aliphatic heterocycles. The van der Waals surface area contributed by atoms with Crippen molar-refractivity contribution in [1.82, 2.24) is 4.90 Å². The predicted molar refractivity (Wildman–Crippen MR) is 115 cm³/mol. The topological polar surface area (TPSA) is 58.6 Å². The van der Waals surface area contributed by atoms with Crippen molar-refractivity contribution >= 4 is 17.5 Å². The summed E-state index contributed by atoms with van der Waals surface area (Å²) >= 11 is 0. The van der Waals surface area contributed by atoms with E-state index in [4.69, 9.17) is 4.74 Å². The van der Waals surface area contributed by atoms with E-state index in [0.717, 1.165) is 31.7 Å². The van der Waals surface area contributed by atoms with E-state index < -0.39 is 0 Å². The van der Waals surface area contributed by atoms with E-state index in [1.54, 1.807) is 12.1 Å². The van der Waals surface area contributed by atoms with Crippen LogP contribution in [-0.2, 0) is 4.79 Å². The molecule has 154 valence electrons. The molecule has 5 nitrogen and oxygen atoms in total. The first-order chi connectivity index (χ1) is 14.1. The van der Waals surface area contributed by atoms with Gasteiger partial charge in [-0.25, -0.2) is 0 Å². The Labute approximate surface area is 173 Å². The third-order valence-electron chi connectivity index (χ3n) is 5.16. The van der Waals surface area contributed by atoms with Crippen LogP contribution in [0.25, 0.3) is 0 Å². The lowest BCUT2D eigenvalue weighted by Gasteiger charge is -2.22. The van der Waals surface area contributed by atoms with Gasteiger partial charge in [-0.1, -0.05) is 42.7 Å². The van der Waals surface area contributed by atoms with Crippen molar-refractivity contribution in [2.45, 2.75) is 45.4 Å². The van der Waals surface area contributed by atoms with Gasteiger partial charge in [0.2, 0.25) is 5.91 Å². The molecular weight excluding hydrogens is 364 g/mol. The van der Waals surface area contributed by atoms with Crippen LogP contribution >= 0.6 is 0 Å². The Balaban J connectivity index is 1.51. The van der Waals surface area contributed by atoms with Crippen molar-refractivity contribution in [2.24, 2.45) is 0 Å². The van der Waals surface area contributed by atoms with Gasteiger partial charge in [-0.05, 0) is 50.5 Å². The SMILES string of the molecule is Cc1ccc(OCCCC(=O)Nc2ccccc2C(=O)N2CCCCCC2)cc1. The van der Waals surface area contributed by atoms with E-state index in [9.17, 15) is 9.59 Å². The van der Waals surface area contributed by atoms with Crippen molar-refractivity contribution < 1.29 is 14.3 Å². The molecule has 0 atom stereocenters. The summed E-state index contributed by atoms with van der Waals surface area (Å²) in [5.41, 5.74) is 2.34. The maximum atomic E-state index is 13.0. The molecule has 2 aromatic rings. The van der Waals surface area contributed by atoms with Crippen LogP contribution in [0.15, 0.2) is 48.5 Å². The lowest BCUT2D eigenvalue weighted by Crippen LogP contribution is -2.32. The Morgan fingerprint density at radius 2 is 1.66 bits per heavy atom. The van der Waals surface area contributed by atoms with Crippen LogP contribution < -0.4 is 10.1 Å². The number of carbonyl (C=O) groups is 2. The predicted octanol–water partition coefficient (Wildman–Crippen LogP) is 4.81. The molecule has 2 aromatic carbocycles. The molecule has 1 N–H and O–H groups in total. The standard InChI is InChI=1S/C24H30N2O3/c1-19-12-14-20(15-13-19)29-18-8-11-23(27)25-22-10-5-4-9-21(22)24(28)26-16-6-2-3-7-17-26/h4-5,9-10,12-15H,2-3,6-8,11,16-18H2,1H3,(H,25,27). The summed E-state index contributed by atoms with van der Waals surface area (Å²) in [6.07, 6.45) is 5.39. The van der Waals surface area contributed by atoms with Crippen molar-refractivity contribution in [1.29, 1.82) is 0 Å². The van der Waals surface area contributed by atoms with Crippen LogP contribution in [-0.4, -0.2) is 36.4 Å². The molecule has 29 heavy (non-hydrogen) atoms. The molecule has 1 fully saturated rings. The van der Waals surface area contributed by atoms with E-state index in [1.807, 2.05) is 48.2 Å². The number of nitrogens with zero attached hydrogens (tertiary/aromatic N) is 1. The zero-order valence-corrected chi connectivity index (χ0v) is 17.2. The molecule has 0 bridgehead atoms. The highest BCUT2D eigenvalue weighted by Gasteiger charge is 2.20. The quantitative estimate of drug-likeness (QED) is 0.686. The van der Waals surface area contributed by atoms with Gasteiger partial charge in [0.05, 0.1) is 17.9 Å². The average Bonchev–Trinajstić information content (AvgIpc) is 3.02. The molecule has 0 aromatic heterocycles. The highest BCUT2D eigenvalue weighted by molar-refractivity contribution is 6.03. The summed E-state index contributed by atoms with van der Waals surface area (Å²) in [4.78, 5) is 27.2. The maximum Gasteiger partial charge on any atom is 0.255 e. The number of ether oxygens (including phenoxy) is 1. The van der Waals surface area contributed by atoms with E-state index in [2.05, 4.69) is 5.32 Å². The third kappa shape index (κ3) is 6.34. The first-order valence-corrected chi connectivity index (χ1v) is 10.5. The monoisotopic (exact) mass is 394 g/mol. The summed E-state index contributed by atoms with van der Waals surface area (Å²) in [6, 6.07) is 15.1. The van der Waals surface area contributed by atoms with Gasteiger partial charge in [0.1, 0.15) is 5.75 Å². The summed E-state index contributed by atoms with van der Waals surface area (Å²) in [7, 11) is 0. The van der Waals surface area contributed by atoms with Crippen LogP contribution in [0.1, 0.15) is 54.4 Å². The molecule has 0 spiro atoms. The van der Waals surface area contributed by atoms with Gasteiger partial charge < -0.3 is 15.0 Å². The number of para-hydroxylation sites is 1. The lowest BCUT2D eigenvalue weighted by atomic mass is 10.1. The molecule has 2 amide bonds. The number of likely N-dealkylation sites (tertiary alicyclic amines) is 1. The number of nitrogens with one attached hydrogen (secondary N) is 1. The Kier molecular flexibility index (Phi) is 7.68. The van der Waals surface area contributed by atoms with Crippen molar-refractivity contribution in [3.05, 3.63) is 59.7 Å². The Bertz CT molecular complexity index is 809. The minimum Gasteiger partial charge on any atom is -0.494 e. The minimum absolute atomic E-state index is 0.00510. The summed E-state index contributed by atoms with van der Waals surface area (Å²) in [5, 5.41) is 2.91. The number of anilines is 1. The fourth-order valence-electron chi connectivity index (χ4n) is 3.49. The highest BCUT2D eigenvalue weighted by Crippen LogP contribution is 2.20. The van der Waals surface area contributed by atoms with Gasteiger partial charge in [0.15, 0.2) is 0 Å². The summed E-state index contributed by atoms with van der Waals surface area (Å²) in [5.74, 6) is 0.712. The smallest absolute Gasteiger partial charge is 0.255 e. The molecule has 1 heterocycles. The first-order valence-electron chi connectivity index (χ1n) is 10.5. The van der Waals surface area contributed by atoms with Gasteiger partial charge in [-0.3, -0.25) is 9.59 Å². The molecule has 1 aliphatic rings. The van der Waals surface area contributed by atoms with Crippen molar-refractivity contribution in [3.63, 3.8) is 0 Å². The molecule has 5 heteroatoms. The number of aryl methyl sites for hydroxylation is 1. The molecule has 0 saturated carbocycles. The first kappa shape index (κ1) is 20.9. The third-order valence-corrected chi connectivity index (χ3v) is 5.16. The number of amides is 2. The van der Waals surface area contributed by atoms with Crippen molar-refractivity contribution in [2.75, 3.05) is 25.0 Å². The lowest BCUT2D eigenvalue weighted by molar-refractivity contribution is -0.116. The molecule has 3 rings (SSSR count). The zero-order chi connectivity index (χ0) is 20.5. The fourth-order valence-corrected chi connectivity index (χ4v) is 3.49. The van der Waals surface area contributed by atoms with Gasteiger partial charge in [-0.15, -0.1) is 0 Å². The Morgan fingerprint density at radius 1 is 0.966 bits per heavy atom. The Morgan fingerprint density at radius 3 is 2.38 bits per heavy atom. The molecule has 0 unspecified atom stereocenters. The highest BCUT2D eigenvalue weighted by atomic mass is 16.5. The summed E-state index contributed by atoms with van der Waals surface area (Å²) in [6.45, 7) is 4.09. The van der Waals surface area contributed by atoms with Crippen LogP contribution in [0.3, 0.4) is 0 Å². The Hall–Kier alpha value is -2.82. The number of carbonyl (C=O) groups excluding carboxylic acids is 2. The van der Waals surface area contributed by atoms with Gasteiger partial charge in [0, 0.05) is 19.5 Å². The number of hydrogen-bond acceptors (Lipinski definition) is 3. The van der Waals surface area contributed by atoms with Crippen LogP contribution in [0.5, 0.6) is 5.75 Å².